The second kappa shape index (κ2) is 10.4. The lowest BCUT2D eigenvalue weighted by Gasteiger charge is -2.43. The molecule has 0 spiro atoms. The monoisotopic (exact) mass is 571 g/mol. The van der Waals surface area contributed by atoms with E-state index in [0.717, 1.165) is 30.2 Å². The molecular weight excluding hydrogens is 534 g/mol. The molecule has 0 aliphatic carbocycles. The fourth-order valence-corrected chi connectivity index (χ4v) is 6.62. The molecule has 4 saturated heterocycles. The largest absolute Gasteiger partial charge is 0.444 e. The predicted octanol–water partition coefficient (Wildman–Crippen LogP) is 3.98. The Morgan fingerprint density at radius 2 is 1.75 bits per heavy atom. The lowest BCUT2D eigenvalue weighted by atomic mass is 9.89. The third-order valence-electron chi connectivity index (χ3n) is 8.53. The molecule has 10 nitrogen and oxygen atoms in total. The summed E-state index contributed by atoms with van der Waals surface area (Å²) in [5.41, 5.74) is 1.86. The number of benzene rings is 1. The van der Waals surface area contributed by atoms with Gasteiger partial charge in [0, 0.05) is 61.4 Å². The highest BCUT2D eigenvalue weighted by Gasteiger charge is 2.39. The number of urea groups is 1. The Morgan fingerprint density at radius 3 is 2.48 bits per heavy atom. The number of fused-ring (bicyclic) bond motifs is 2. The van der Waals surface area contributed by atoms with Crippen LogP contribution >= 0.6 is 11.6 Å². The van der Waals surface area contributed by atoms with E-state index < -0.39 is 5.60 Å². The third-order valence-corrected chi connectivity index (χ3v) is 8.77. The zero-order valence-corrected chi connectivity index (χ0v) is 24.2. The molecule has 1 aromatic heterocycles. The molecule has 4 aliphatic rings. The zero-order chi connectivity index (χ0) is 28.2. The number of hydrogen-bond acceptors (Lipinski definition) is 5. The fraction of sp³-hybridized carbons (Fsp3) is 0.621. The second-order valence-electron chi connectivity index (χ2n) is 12.5. The normalized spacial score (nSPS) is 24.5. The molecule has 0 saturated carbocycles. The van der Waals surface area contributed by atoms with E-state index in [0.29, 0.717) is 50.2 Å². The van der Waals surface area contributed by atoms with Crippen molar-refractivity contribution in [3.63, 3.8) is 0 Å². The van der Waals surface area contributed by atoms with Crippen LogP contribution in [0.3, 0.4) is 0 Å². The van der Waals surface area contributed by atoms with Gasteiger partial charge in [0.1, 0.15) is 12.2 Å². The Hall–Kier alpha value is -2.98. The molecule has 1 N–H and O–H groups in total. The standard InChI is InChI=1S/C29H38ClN5O5/c1-29(2,3)40-28(38)34-13-20(14-34)35-15-22(21-12-19(30)4-5-24(21)35)18-6-9-32(10-7-18)27(37)33-11-8-25-23(16-33)31-26(36)17-39-25/h4-5,12,15,18,20,23,25H,6-11,13-14,16-17H2,1-3H3,(H,31,36). The van der Waals surface area contributed by atoms with Gasteiger partial charge in [-0.3, -0.25) is 4.79 Å². The summed E-state index contributed by atoms with van der Waals surface area (Å²) >= 11 is 6.43. The molecule has 2 aromatic rings. The van der Waals surface area contributed by atoms with Crippen molar-refractivity contribution in [1.82, 2.24) is 24.6 Å². The van der Waals surface area contributed by atoms with Gasteiger partial charge in [-0.15, -0.1) is 0 Å². The first-order valence-electron chi connectivity index (χ1n) is 14.3. The summed E-state index contributed by atoms with van der Waals surface area (Å²) in [6, 6.07) is 6.10. The summed E-state index contributed by atoms with van der Waals surface area (Å²) in [5, 5.41) is 4.82. The lowest BCUT2D eigenvalue weighted by molar-refractivity contribution is -0.139. The Morgan fingerprint density at radius 1 is 1.02 bits per heavy atom. The molecule has 4 fully saturated rings. The molecule has 2 unspecified atom stereocenters. The second-order valence-corrected chi connectivity index (χ2v) is 12.9. The van der Waals surface area contributed by atoms with E-state index >= 15 is 0 Å². The number of morpholine rings is 1. The molecule has 2 atom stereocenters. The minimum atomic E-state index is -0.515. The van der Waals surface area contributed by atoms with Crippen molar-refractivity contribution in [2.75, 3.05) is 45.9 Å². The van der Waals surface area contributed by atoms with E-state index in [1.165, 1.54) is 5.56 Å². The molecular formula is C29H38ClN5O5. The average molecular weight is 572 g/mol. The van der Waals surface area contributed by atoms with E-state index in [1.54, 1.807) is 4.90 Å². The van der Waals surface area contributed by atoms with Crippen LogP contribution in [-0.2, 0) is 14.3 Å². The lowest BCUT2D eigenvalue weighted by Crippen LogP contribution is -2.62. The van der Waals surface area contributed by atoms with Crippen LogP contribution in [0.25, 0.3) is 10.9 Å². The first-order chi connectivity index (χ1) is 19.1. The maximum Gasteiger partial charge on any atom is 0.410 e. The van der Waals surface area contributed by atoms with Crippen molar-refractivity contribution in [2.24, 2.45) is 0 Å². The summed E-state index contributed by atoms with van der Waals surface area (Å²) in [5.74, 6) is 0.195. The predicted molar refractivity (Wildman–Crippen MR) is 151 cm³/mol. The Kier molecular flexibility index (Phi) is 7.11. The van der Waals surface area contributed by atoms with Gasteiger partial charge in [-0.1, -0.05) is 11.6 Å². The number of carbonyl (C=O) groups is 3. The van der Waals surface area contributed by atoms with Gasteiger partial charge in [0.25, 0.3) is 0 Å². The molecule has 0 radical (unpaired) electrons. The summed E-state index contributed by atoms with van der Waals surface area (Å²) in [4.78, 5) is 43.1. The number of aromatic nitrogens is 1. The maximum atomic E-state index is 13.4. The smallest absolute Gasteiger partial charge is 0.410 e. The highest BCUT2D eigenvalue weighted by Crippen LogP contribution is 2.39. The Labute approximate surface area is 239 Å². The molecule has 1 aromatic carbocycles. The highest BCUT2D eigenvalue weighted by atomic mass is 35.5. The summed E-state index contributed by atoms with van der Waals surface area (Å²) in [6.45, 7) is 9.45. The van der Waals surface area contributed by atoms with E-state index in [1.807, 2.05) is 42.7 Å². The van der Waals surface area contributed by atoms with Crippen LogP contribution in [0.4, 0.5) is 9.59 Å². The quantitative estimate of drug-likeness (QED) is 0.588. The van der Waals surface area contributed by atoms with Gasteiger partial charge in [-0.05, 0) is 69.7 Å². The van der Waals surface area contributed by atoms with E-state index in [9.17, 15) is 14.4 Å². The number of carbonyl (C=O) groups excluding carboxylic acids is 3. The van der Waals surface area contributed by atoms with Crippen molar-refractivity contribution >= 4 is 40.5 Å². The molecule has 4 aliphatic heterocycles. The average Bonchev–Trinajstić information content (AvgIpc) is 3.24. The van der Waals surface area contributed by atoms with Gasteiger partial charge >= 0.3 is 12.1 Å². The van der Waals surface area contributed by atoms with Crippen LogP contribution in [-0.4, -0.2) is 101 Å². The number of halogens is 1. The summed E-state index contributed by atoms with van der Waals surface area (Å²) < 4.78 is 13.5. The summed E-state index contributed by atoms with van der Waals surface area (Å²) in [6.07, 6.45) is 4.42. The van der Waals surface area contributed by atoms with Gasteiger partial charge < -0.3 is 34.1 Å². The van der Waals surface area contributed by atoms with Crippen LogP contribution in [0, 0.1) is 0 Å². The number of hydrogen-bond donors (Lipinski definition) is 1. The van der Waals surface area contributed by atoms with Gasteiger partial charge in [-0.25, -0.2) is 9.59 Å². The molecule has 40 heavy (non-hydrogen) atoms. The van der Waals surface area contributed by atoms with Gasteiger partial charge in [0.2, 0.25) is 5.91 Å². The number of nitrogens with zero attached hydrogens (tertiary/aromatic N) is 4. The van der Waals surface area contributed by atoms with Crippen molar-refractivity contribution < 1.29 is 23.9 Å². The molecule has 5 heterocycles. The van der Waals surface area contributed by atoms with Crippen molar-refractivity contribution in [3.05, 3.63) is 35.0 Å². The van der Waals surface area contributed by atoms with Crippen molar-refractivity contribution in [2.45, 2.75) is 69.7 Å². The van der Waals surface area contributed by atoms with Gasteiger partial charge in [0.15, 0.2) is 0 Å². The highest BCUT2D eigenvalue weighted by molar-refractivity contribution is 6.31. The fourth-order valence-electron chi connectivity index (χ4n) is 6.44. The molecule has 4 amide bonds. The maximum absolute atomic E-state index is 13.4. The molecule has 0 bridgehead atoms. The van der Waals surface area contributed by atoms with Crippen molar-refractivity contribution in [3.8, 4) is 0 Å². The van der Waals surface area contributed by atoms with E-state index in [2.05, 4.69) is 22.1 Å². The van der Waals surface area contributed by atoms with Crippen LogP contribution in [0.15, 0.2) is 24.4 Å². The molecule has 6 rings (SSSR count). The van der Waals surface area contributed by atoms with Crippen LogP contribution in [0.2, 0.25) is 5.02 Å². The van der Waals surface area contributed by atoms with E-state index in [4.69, 9.17) is 21.1 Å². The number of piperidine rings is 2. The Bertz CT molecular complexity index is 1310. The van der Waals surface area contributed by atoms with Crippen molar-refractivity contribution in [1.29, 1.82) is 0 Å². The van der Waals surface area contributed by atoms with Crippen LogP contribution in [0.1, 0.15) is 57.6 Å². The Balaban J connectivity index is 1.11. The minimum Gasteiger partial charge on any atom is -0.444 e. The summed E-state index contributed by atoms with van der Waals surface area (Å²) in [7, 11) is 0. The number of amides is 4. The minimum absolute atomic E-state index is 0.0106. The SMILES string of the molecule is CC(C)(C)OC(=O)N1CC(n2cc(C3CCN(C(=O)N4CCC5OCC(=O)NC5C4)CC3)c3cc(Cl)ccc32)C1. The number of ether oxygens (including phenoxy) is 2. The third kappa shape index (κ3) is 5.35. The molecule has 11 heteroatoms. The first-order valence-corrected chi connectivity index (χ1v) is 14.7. The van der Waals surface area contributed by atoms with Gasteiger partial charge in [-0.2, -0.15) is 0 Å². The van der Waals surface area contributed by atoms with E-state index in [-0.39, 0.29) is 42.8 Å². The van der Waals surface area contributed by atoms with Crippen LogP contribution in [0.5, 0.6) is 0 Å². The number of rotatable bonds is 2. The van der Waals surface area contributed by atoms with Gasteiger partial charge in [0.05, 0.1) is 18.2 Å². The zero-order valence-electron chi connectivity index (χ0n) is 23.4. The number of likely N-dealkylation sites (tertiary alicyclic amines) is 3. The first kappa shape index (κ1) is 27.2. The molecule has 216 valence electrons. The van der Waals surface area contributed by atoms with Crippen LogP contribution < -0.4 is 5.32 Å². The topological polar surface area (TPSA) is 96.3 Å². The number of nitrogens with one attached hydrogen (secondary N) is 1.